The lowest BCUT2D eigenvalue weighted by Gasteiger charge is -2.02. The summed E-state index contributed by atoms with van der Waals surface area (Å²) in [5, 5.41) is 9.76. The van der Waals surface area contributed by atoms with Crippen LogP contribution >= 0.6 is 15.9 Å². The topological polar surface area (TPSA) is 76.4 Å². The van der Waals surface area contributed by atoms with E-state index in [9.17, 15) is 5.11 Å². The number of nitrogen functional groups attached to an aromatic ring is 1. The Hall–Kier alpha value is -2.08. The van der Waals surface area contributed by atoms with E-state index in [1.165, 1.54) is 0 Å². The minimum Gasteiger partial charge on any atom is -0.492 e. The first kappa shape index (κ1) is 12.0. The second-order valence-corrected chi connectivity index (χ2v) is 5.17. The number of rotatable bonds is 1. The van der Waals surface area contributed by atoms with E-state index in [4.69, 9.17) is 5.73 Å². The predicted octanol–water partition coefficient (Wildman–Crippen LogP) is 2.73. The summed E-state index contributed by atoms with van der Waals surface area (Å²) >= 11 is 3.41. The molecule has 6 heteroatoms. The van der Waals surface area contributed by atoms with Crippen molar-refractivity contribution in [2.45, 2.75) is 0 Å². The van der Waals surface area contributed by atoms with Crippen molar-refractivity contribution in [3.05, 3.63) is 33.9 Å². The van der Waals surface area contributed by atoms with Crippen LogP contribution in [0.4, 0.5) is 11.6 Å². The van der Waals surface area contributed by atoms with E-state index >= 15 is 0 Å². The molecule has 0 atom stereocenters. The number of benzene rings is 1. The highest BCUT2D eigenvalue weighted by molar-refractivity contribution is 9.10. The Kier molecular flexibility index (Phi) is 2.67. The van der Waals surface area contributed by atoms with Gasteiger partial charge in [-0.2, -0.15) is 4.98 Å². The molecule has 0 saturated carbocycles. The fourth-order valence-corrected chi connectivity index (χ4v) is 2.35. The van der Waals surface area contributed by atoms with Gasteiger partial charge in [0.15, 0.2) is 0 Å². The minimum absolute atomic E-state index is 0.0774. The van der Waals surface area contributed by atoms with Gasteiger partial charge in [-0.1, -0.05) is 22.0 Å². The summed E-state index contributed by atoms with van der Waals surface area (Å²) in [6.07, 6.45) is 3.58. The molecule has 0 radical (unpaired) electrons. The van der Waals surface area contributed by atoms with Crippen molar-refractivity contribution in [2.24, 2.45) is 12.0 Å². The van der Waals surface area contributed by atoms with Gasteiger partial charge in [-0.05, 0) is 18.2 Å². The van der Waals surface area contributed by atoms with Gasteiger partial charge < -0.3 is 15.4 Å². The zero-order valence-corrected chi connectivity index (χ0v) is 11.7. The number of hydrogen-bond donors (Lipinski definition) is 2. The molecule has 0 bridgehead atoms. The van der Waals surface area contributed by atoms with Crippen molar-refractivity contribution in [1.82, 2.24) is 9.55 Å². The highest BCUT2D eigenvalue weighted by Gasteiger charge is 2.15. The Morgan fingerprint density at radius 3 is 2.89 bits per heavy atom. The normalized spacial score (nSPS) is 15.2. The van der Waals surface area contributed by atoms with Crippen LogP contribution < -0.4 is 5.73 Å². The van der Waals surface area contributed by atoms with Crippen molar-refractivity contribution in [3.8, 4) is 5.88 Å². The molecule has 96 valence electrons. The molecule has 1 aliphatic rings. The Balaban J connectivity index is 2.11. The first-order valence-corrected chi connectivity index (χ1v) is 6.42. The maximum absolute atomic E-state index is 9.76. The lowest BCUT2D eigenvalue weighted by atomic mass is 10.1. The van der Waals surface area contributed by atoms with Crippen molar-refractivity contribution in [2.75, 3.05) is 5.73 Å². The molecule has 0 saturated heterocycles. The number of nitrogens with zero attached hydrogens (tertiary/aromatic N) is 3. The number of allylic oxidation sites excluding steroid dienone is 1. The van der Waals surface area contributed by atoms with E-state index in [1.54, 1.807) is 17.8 Å². The Morgan fingerprint density at radius 2 is 2.21 bits per heavy atom. The smallest absolute Gasteiger partial charge is 0.238 e. The van der Waals surface area contributed by atoms with Gasteiger partial charge in [0.25, 0.3) is 0 Å². The van der Waals surface area contributed by atoms with E-state index < -0.39 is 0 Å². The number of fused-ring (bicyclic) bond motifs is 1. The Bertz CT molecular complexity index is 730. The quantitative estimate of drug-likeness (QED) is 0.848. The fraction of sp³-hybridized carbons (Fsp3) is 0.0769. The lowest BCUT2D eigenvalue weighted by molar-refractivity contribution is 0.455. The molecule has 0 aliphatic carbocycles. The van der Waals surface area contributed by atoms with E-state index in [0.717, 1.165) is 21.3 Å². The van der Waals surface area contributed by atoms with E-state index in [2.05, 4.69) is 25.9 Å². The molecular weight excluding hydrogens is 308 g/mol. The molecule has 0 amide bonds. The van der Waals surface area contributed by atoms with E-state index in [-0.39, 0.29) is 11.8 Å². The lowest BCUT2D eigenvalue weighted by Crippen LogP contribution is -1.98. The number of hydrogen-bond acceptors (Lipinski definition) is 4. The van der Waals surface area contributed by atoms with Crippen LogP contribution in [0.1, 0.15) is 11.3 Å². The number of halogens is 1. The van der Waals surface area contributed by atoms with Crippen molar-refractivity contribution in [3.63, 3.8) is 0 Å². The minimum atomic E-state index is -0.0774. The summed E-state index contributed by atoms with van der Waals surface area (Å²) in [6, 6.07) is 5.89. The van der Waals surface area contributed by atoms with Crippen molar-refractivity contribution >= 4 is 45.4 Å². The molecular formula is C13H11BrN4O. The largest absolute Gasteiger partial charge is 0.492 e. The summed E-state index contributed by atoms with van der Waals surface area (Å²) in [5.74, 6) is 0.196. The fourth-order valence-electron chi connectivity index (χ4n) is 2.00. The summed E-state index contributed by atoms with van der Waals surface area (Å²) in [7, 11) is 1.75. The van der Waals surface area contributed by atoms with Crippen LogP contribution in [0.25, 0.3) is 11.6 Å². The number of aromatic nitrogens is 2. The maximum atomic E-state index is 9.76. The predicted molar refractivity (Wildman–Crippen MR) is 79.5 cm³/mol. The van der Waals surface area contributed by atoms with Crippen LogP contribution in [-0.4, -0.2) is 20.9 Å². The molecule has 1 aromatic carbocycles. The van der Waals surface area contributed by atoms with Crippen LogP contribution in [0.2, 0.25) is 0 Å². The van der Waals surface area contributed by atoms with Gasteiger partial charge in [0.2, 0.25) is 11.8 Å². The summed E-state index contributed by atoms with van der Waals surface area (Å²) in [4.78, 5) is 8.16. The third-order valence-corrected chi connectivity index (χ3v) is 3.55. The van der Waals surface area contributed by atoms with Gasteiger partial charge in [-0.15, -0.1) is 0 Å². The molecule has 3 rings (SSSR count). The van der Waals surface area contributed by atoms with Gasteiger partial charge in [0, 0.05) is 28.9 Å². The number of aromatic hydroxyl groups is 1. The molecule has 0 fully saturated rings. The van der Waals surface area contributed by atoms with E-state index in [1.807, 2.05) is 24.3 Å². The highest BCUT2D eigenvalue weighted by Crippen LogP contribution is 2.35. The number of imidazole rings is 1. The molecule has 2 heterocycles. The Morgan fingerprint density at radius 1 is 1.42 bits per heavy atom. The molecule has 2 aromatic rings. The summed E-state index contributed by atoms with van der Waals surface area (Å²) in [6.45, 7) is 0. The third-order valence-electron chi connectivity index (χ3n) is 3.06. The highest BCUT2D eigenvalue weighted by atomic mass is 79.9. The van der Waals surface area contributed by atoms with Gasteiger partial charge in [-0.25, -0.2) is 0 Å². The van der Waals surface area contributed by atoms with Crippen molar-refractivity contribution in [1.29, 1.82) is 0 Å². The average Bonchev–Trinajstić information content (AvgIpc) is 2.86. The molecule has 5 nitrogen and oxygen atoms in total. The second kappa shape index (κ2) is 4.24. The SMILES string of the molecule is Cn1c(N)nc(O)c1C=C1C=Nc2cc(Br)ccc21. The zero-order chi connectivity index (χ0) is 13.6. The number of nitrogens with two attached hydrogens (primary N) is 1. The standard InChI is InChI=1S/C13H11BrN4O/c1-18-11(12(19)17-13(18)15)4-7-6-16-10-5-8(14)2-3-9(7)10/h2-6,19H,1H3,(H2,15,17). The van der Waals surface area contributed by atoms with Gasteiger partial charge >= 0.3 is 0 Å². The molecule has 0 spiro atoms. The van der Waals surface area contributed by atoms with Crippen LogP contribution in [0.5, 0.6) is 5.88 Å². The summed E-state index contributed by atoms with van der Waals surface area (Å²) < 4.78 is 2.62. The van der Waals surface area contributed by atoms with Crippen LogP contribution in [0.15, 0.2) is 27.7 Å². The van der Waals surface area contributed by atoms with Crippen molar-refractivity contribution < 1.29 is 5.11 Å². The van der Waals surface area contributed by atoms with Gasteiger partial charge in [0.05, 0.1) is 5.69 Å². The molecule has 0 unspecified atom stereocenters. The molecule has 3 N–H and O–H groups in total. The van der Waals surface area contributed by atoms with Crippen LogP contribution in [0, 0.1) is 0 Å². The third kappa shape index (κ3) is 1.94. The monoisotopic (exact) mass is 318 g/mol. The number of anilines is 1. The molecule has 1 aromatic heterocycles. The average molecular weight is 319 g/mol. The zero-order valence-electron chi connectivity index (χ0n) is 10.1. The Labute approximate surface area is 118 Å². The summed E-state index contributed by atoms with van der Waals surface area (Å²) in [5.41, 5.74) is 9.05. The molecule has 1 aliphatic heterocycles. The maximum Gasteiger partial charge on any atom is 0.238 e. The van der Waals surface area contributed by atoms with Gasteiger partial charge in [0.1, 0.15) is 5.69 Å². The second-order valence-electron chi connectivity index (χ2n) is 4.26. The van der Waals surface area contributed by atoms with Crippen LogP contribution in [0.3, 0.4) is 0 Å². The van der Waals surface area contributed by atoms with Gasteiger partial charge in [-0.3, -0.25) is 4.99 Å². The van der Waals surface area contributed by atoms with Crippen LogP contribution in [-0.2, 0) is 7.05 Å². The van der Waals surface area contributed by atoms with E-state index in [0.29, 0.717) is 5.69 Å². The first-order chi connectivity index (χ1) is 9.06. The molecule has 19 heavy (non-hydrogen) atoms. The first-order valence-electron chi connectivity index (χ1n) is 5.63. The number of aliphatic imine (C=N–C) groups is 1.